The molecule has 0 fully saturated rings. The zero-order chi connectivity index (χ0) is 15.5. The maximum atomic E-state index is 11.2. The van der Waals surface area contributed by atoms with E-state index in [2.05, 4.69) is 15.3 Å². The summed E-state index contributed by atoms with van der Waals surface area (Å²) in [6.07, 6.45) is 3.40. The number of hydrogen-bond donors (Lipinski definition) is 2. The van der Waals surface area contributed by atoms with E-state index < -0.39 is 5.91 Å². The minimum absolute atomic E-state index is 0.275. The quantitative estimate of drug-likeness (QED) is 0.742. The van der Waals surface area contributed by atoms with E-state index in [9.17, 15) is 4.79 Å². The van der Waals surface area contributed by atoms with Crippen LogP contribution in [0.15, 0.2) is 48.8 Å². The molecule has 0 bridgehead atoms. The third-order valence-electron chi connectivity index (χ3n) is 3.28. The van der Waals surface area contributed by atoms with Crippen molar-refractivity contribution in [3.05, 3.63) is 60.0 Å². The van der Waals surface area contributed by atoms with E-state index in [1.54, 1.807) is 41.3 Å². The molecule has 22 heavy (non-hydrogen) atoms. The molecule has 0 atom stereocenters. The third-order valence-corrected chi connectivity index (χ3v) is 3.28. The van der Waals surface area contributed by atoms with E-state index in [0.29, 0.717) is 11.3 Å². The van der Waals surface area contributed by atoms with Crippen molar-refractivity contribution < 1.29 is 4.79 Å². The van der Waals surface area contributed by atoms with Gasteiger partial charge in [-0.25, -0.2) is 4.68 Å². The fourth-order valence-corrected chi connectivity index (χ4v) is 2.20. The van der Waals surface area contributed by atoms with E-state index in [1.807, 2.05) is 12.1 Å². The van der Waals surface area contributed by atoms with E-state index in [0.717, 1.165) is 16.9 Å². The predicted molar refractivity (Wildman–Crippen MR) is 81.0 cm³/mol. The van der Waals surface area contributed by atoms with E-state index in [1.165, 1.54) is 0 Å². The summed E-state index contributed by atoms with van der Waals surface area (Å²) in [6, 6.07) is 10.6. The van der Waals surface area contributed by atoms with Gasteiger partial charge in [0.05, 0.1) is 11.4 Å². The zero-order valence-electron chi connectivity index (χ0n) is 11.7. The maximum Gasteiger partial charge on any atom is 0.248 e. The average Bonchev–Trinajstić information content (AvgIpc) is 2.99. The second-order valence-corrected chi connectivity index (χ2v) is 4.65. The highest BCUT2D eigenvalue weighted by molar-refractivity contribution is 5.92. The number of nitrogens with zero attached hydrogens (tertiary/aromatic N) is 4. The molecule has 0 spiro atoms. The number of benzene rings is 1. The molecule has 0 saturated heterocycles. The van der Waals surface area contributed by atoms with Gasteiger partial charge in [-0.1, -0.05) is 5.21 Å². The van der Waals surface area contributed by atoms with Crippen LogP contribution >= 0.6 is 0 Å². The Hall–Kier alpha value is -3.06. The number of pyridine rings is 1. The monoisotopic (exact) mass is 294 g/mol. The molecular formula is C15H14N6O. The van der Waals surface area contributed by atoms with Gasteiger partial charge in [-0.05, 0) is 36.4 Å². The molecule has 4 N–H and O–H groups in total. The first kappa shape index (κ1) is 13.9. The van der Waals surface area contributed by atoms with E-state index in [4.69, 9.17) is 11.5 Å². The minimum atomic E-state index is -0.470. The first-order valence-corrected chi connectivity index (χ1v) is 6.66. The van der Waals surface area contributed by atoms with Crippen LogP contribution in [0.1, 0.15) is 16.1 Å². The Morgan fingerprint density at radius 1 is 1.09 bits per heavy atom. The summed E-state index contributed by atoms with van der Waals surface area (Å²) in [7, 11) is 0. The van der Waals surface area contributed by atoms with Gasteiger partial charge in [0.2, 0.25) is 5.91 Å². The number of carbonyl (C=O) groups excluding carboxylic acids is 1. The van der Waals surface area contributed by atoms with Gasteiger partial charge < -0.3 is 11.5 Å². The van der Waals surface area contributed by atoms with Crippen LogP contribution in [-0.4, -0.2) is 25.9 Å². The SMILES string of the molecule is NCc1nnn(-c2ccc(C(N)=O)cc2)c1-c1ccncc1. The number of carbonyl (C=O) groups is 1. The second-order valence-electron chi connectivity index (χ2n) is 4.65. The molecular weight excluding hydrogens is 280 g/mol. The third kappa shape index (κ3) is 2.45. The van der Waals surface area contributed by atoms with E-state index >= 15 is 0 Å². The number of aromatic nitrogens is 4. The topological polar surface area (TPSA) is 113 Å². The molecule has 2 heterocycles. The molecule has 0 aliphatic rings. The first-order valence-electron chi connectivity index (χ1n) is 6.66. The summed E-state index contributed by atoms with van der Waals surface area (Å²) in [5.41, 5.74) is 14.6. The number of primary amides is 1. The molecule has 0 radical (unpaired) electrons. The number of rotatable bonds is 4. The first-order chi connectivity index (χ1) is 10.7. The summed E-state index contributed by atoms with van der Waals surface area (Å²) in [6.45, 7) is 0.275. The van der Waals surface area contributed by atoms with Crippen LogP contribution in [0.3, 0.4) is 0 Å². The second kappa shape index (κ2) is 5.74. The molecule has 0 saturated carbocycles. The summed E-state index contributed by atoms with van der Waals surface area (Å²) in [5, 5.41) is 8.28. The molecule has 1 aromatic carbocycles. The van der Waals surface area contributed by atoms with Crippen molar-refractivity contribution in [3.63, 3.8) is 0 Å². The van der Waals surface area contributed by atoms with Crippen molar-refractivity contribution in [3.8, 4) is 16.9 Å². The largest absolute Gasteiger partial charge is 0.366 e. The van der Waals surface area contributed by atoms with Gasteiger partial charge in [-0.3, -0.25) is 9.78 Å². The Balaban J connectivity index is 2.12. The molecule has 7 heteroatoms. The number of hydrogen-bond acceptors (Lipinski definition) is 5. The standard InChI is InChI=1S/C15H14N6O/c16-9-13-14(10-5-7-18-8-6-10)21(20-19-13)12-3-1-11(2-4-12)15(17)22/h1-8H,9,16H2,(H2,17,22). The van der Waals surface area contributed by atoms with Crippen LogP contribution in [0.5, 0.6) is 0 Å². The highest BCUT2D eigenvalue weighted by Gasteiger charge is 2.15. The zero-order valence-corrected chi connectivity index (χ0v) is 11.7. The van der Waals surface area contributed by atoms with Crippen LogP contribution in [0.2, 0.25) is 0 Å². The Morgan fingerprint density at radius 2 is 1.77 bits per heavy atom. The highest BCUT2D eigenvalue weighted by Crippen LogP contribution is 2.24. The van der Waals surface area contributed by atoms with Gasteiger partial charge in [0.1, 0.15) is 5.69 Å². The lowest BCUT2D eigenvalue weighted by molar-refractivity contribution is 0.100. The van der Waals surface area contributed by atoms with Crippen LogP contribution in [0.4, 0.5) is 0 Å². The molecule has 0 unspecified atom stereocenters. The minimum Gasteiger partial charge on any atom is -0.366 e. The molecule has 1 amide bonds. The Morgan fingerprint density at radius 3 is 2.36 bits per heavy atom. The molecule has 3 aromatic rings. The summed E-state index contributed by atoms with van der Waals surface area (Å²) < 4.78 is 1.68. The Kier molecular flexibility index (Phi) is 3.63. The van der Waals surface area contributed by atoms with Gasteiger partial charge in [-0.2, -0.15) is 0 Å². The molecule has 2 aromatic heterocycles. The molecule has 7 nitrogen and oxygen atoms in total. The molecule has 110 valence electrons. The van der Waals surface area contributed by atoms with Gasteiger partial charge >= 0.3 is 0 Å². The fourth-order valence-electron chi connectivity index (χ4n) is 2.20. The smallest absolute Gasteiger partial charge is 0.248 e. The van der Waals surface area contributed by atoms with E-state index in [-0.39, 0.29) is 6.54 Å². The lowest BCUT2D eigenvalue weighted by Gasteiger charge is -2.08. The maximum absolute atomic E-state index is 11.2. The van der Waals surface area contributed by atoms with Gasteiger partial charge in [0, 0.05) is 30.1 Å². The molecule has 0 aliphatic carbocycles. The lowest BCUT2D eigenvalue weighted by atomic mass is 10.1. The Bertz CT molecular complexity index is 795. The highest BCUT2D eigenvalue weighted by atomic mass is 16.1. The van der Waals surface area contributed by atoms with Crippen molar-refractivity contribution in [1.82, 2.24) is 20.0 Å². The summed E-state index contributed by atoms with van der Waals surface area (Å²) >= 11 is 0. The van der Waals surface area contributed by atoms with Gasteiger partial charge in [0.25, 0.3) is 0 Å². The Labute approximate surface area is 126 Å². The van der Waals surface area contributed by atoms with Crippen LogP contribution in [0.25, 0.3) is 16.9 Å². The van der Waals surface area contributed by atoms with Crippen LogP contribution < -0.4 is 11.5 Å². The van der Waals surface area contributed by atoms with Crippen LogP contribution in [-0.2, 0) is 6.54 Å². The van der Waals surface area contributed by atoms with Crippen LogP contribution in [0, 0.1) is 0 Å². The number of amides is 1. The van der Waals surface area contributed by atoms with Crippen molar-refractivity contribution in [2.45, 2.75) is 6.54 Å². The lowest BCUT2D eigenvalue weighted by Crippen LogP contribution is -2.11. The van der Waals surface area contributed by atoms with Crippen molar-refractivity contribution in [2.75, 3.05) is 0 Å². The summed E-state index contributed by atoms with van der Waals surface area (Å²) in [5.74, 6) is -0.470. The van der Waals surface area contributed by atoms with Gasteiger partial charge in [-0.15, -0.1) is 5.10 Å². The molecule has 0 aliphatic heterocycles. The molecule has 3 rings (SSSR count). The number of nitrogens with two attached hydrogens (primary N) is 2. The predicted octanol–water partition coefficient (Wildman–Crippen LogP) is 0.887. The van der Waals surface area contributed by atoms with Crippen molar-refractivity contribution in [2.24, 2.45) is 11.5 Å². The van der Waals surface area contributed by atoms with Crippen molar-refractivity contribution in [1.29, 1.82) is 0 Å². The normalized spacial score (nSPS) is 10.6. The van der Waals surface area contributed by atoms with Crippen molar-refractivity contribution >= 4 is 5.91 Å². The van der Waals surface area contributed by atoms with Gasteiger partial charge in [0.15, 0.2) is 0 Å². The summed E-state index contributed by atoms with van der Waals surface area (Å²) in [4.78, 5) is 15.2. The fraction of sp³-hybridized carbons (Fsp3) is 0.0667. The average molecular weight is 294 g/mol.